The lowest BCUT2D eigenvalue weighted by Crippen LogP contribution is -2.60. The molecule has 0 bridgehead atoms. The number of hydrogen-bond donors (Lipinski definition) is 6. The highest BCUT2D eigenvalue weighted by Gasteiger charge is 2.40. The number of nitrogens with zero attached hydrogens (tertiary/aromatic N) is 1. The van der Waals surface area contributed by atoms with E-state index in [1.807, 2.05) is 0 Å². The summed E-state index contributed by atoms with van der Waals surface area (Å²) in [7, 11) is 0. The molecule has 1 aliphatic rings. The number of carbonyl (C=O) groups excluding carboxylic acids is 5. The van der Waals surface area contributed by atoms with E-state index in [2.05, 4.69) is 16.0 Å². The number of nitrogens with two attached hydrogens (primary N) is 1. The van der Waals surface area contributed by atoms with E-state index in [0.29, 0.717) is 16.9 Å². The number of aliphatic carboxylic acids is 1. The number of carboxylic acid groups (broad SMARTS) is 1. The van der Waals surface area contributed by atoms with Crippen LogP contribution in [0.15, 0.2) is 30.3 Å². The van der Waals surface area contributed by atoms with Gasteiger partial charge in [-0.05, 0) is 44.7 Å². The van der Waals surface area contributed by atoms with Crippen molar-refractivity contribution < 1.29 is 43.7 Å². The maximum atomic E-state index is 13.5. The van der Waals surface area contributed by atoms with Crippen LogP contribution in [-0.2, 0) is 35.3 Å². The minimum Gasteiger partial charge on any atom is -0.480 e. The van der Waals surface area contributed by atoms with Crippen molar-refractivity contribution in [3.8, 4) is 0 Å². The van der Waals surface area contributed by atoms with Crippen molar-refractivity contribution >= 4 is 35.7 Å². The van der Waals surface area contributed by atoms with E-state index < -0.39 is 60.6 Å². The summed E-state index contributed by atoms with van der Waals surface area (Å²) in [6.07, 6.45) is -0.181. The molecule has 0 saturated carbocycles. The third-order valence-corrected chi connectivity index (χ3v) is 6.02. The molecule has 39 heavy (non-hydrogen) atoms. The summed E-state index contributed by atoms with van der Waals surface area (Å²) in [6, 6.07) is 3.17. The molecule has 1 aromatic rings. The fourth-order valence-electron chi connectivity index (χ4n) is 3.87. The molecule has 5 amide bonds. The van der Waals surface area contributed by atoms with Crippen LogP contribution < -0.4 is 21.7 Å². The molecular formula is C25H35N5O9. The van der Waals surface area contributed by atoms with Gasteiger partial charge >= 0.3 is 12.1 Å². The number of hydrogen-bond acceptors (Lipinski definition) is 9. The van der Waals surface area contributed by atoms with Crippen molar-refractivity contribution in [1.29, 1.82) is 0 Å². The molecule has 0 unspecified atom stereocenters. The minimum atomic E-state index is -1.69. The molecule has 14 nitrogen and oxygen atoms in total. The fraction of sp³-hybridized carbons (Fsp3) is 0.520. The average molecular weight is 550 g/mol. The van der Waals surface area contributed by atoms with Gasteiger partial charge in [0.25, 0.3) is 5.91 Å². The number of amides is 5. The first-order valence-corrected chi connectivity index (χ1v) is 12.6. The molecule has 1 aromatic carbocycles. The van der Waals surface area contributed by atoms with E-state index in [9.17, 15) is 39.0 Å². The summed E-state index contributed by atoms with van der Waals surface area (Å²) in [5.41, 5.74) is 6.16. The van der Waals surface area contributed by atoms with Gasteiger partial charge in [-0.1, -0.05) is 30.3 Å². The van der Waals surface area contributed by atoms with E-state index in [4.69, 9.17) is 10.5 Å². The number of benzene rings is 1. The van der Waals surface area contributed by atoms with Gasteiger partial charge in [-0.2, -0.15) is 0 Å². The van der Waals surface area contributed by atoms with Crippen LogP contribution in [0.4, 0.5) is 4.79 Å². The van der Waals surface area contributed by atoms with Crippen LogP contribution in [0.1, 0.15) is 44.6 Å². The second-order valence-electron chi connectivity index (χ2n) is 9.02. The first-order chi connectivity index (χ1) is 18.6. The Kier molecular flexibility index (Phi) is 12.3. The number of carbonyl (C=O) groups is 6. The molecule has 4 atom stereocenters. The maximum absolute atomic E-state index is 13.5. The van der Waals surface area contributed by atoms with E-state index >= 15 is 0 Å². The van der Waals surface area contributed by atoms with Crippen molar-refractivity contribution in [3.05, 3.63) is 35.9 Å². The van der Waals surface area contributed by atoms with Gasteiger partial charge in [0.15, 0.2) is 0 Å². The summed E-state index contributed by atoms with van der Waals surface area (Å²) < 4.78 is 5.32. The zero-order valence-electron chi connectivity index (χ0n) is 21.6. The zero-order chi connectivity index (χ0) is 28.9. The van der Waals surface area contributed by atoms with E-state index in [0.717, 1.165) is 0 Å². The molecule has 1 aliphatic heterocycles. The van der Waals surface area contributed by atoms with E-state index in [-0.39, 0.29) is 44.7 Å². The predicted molar refractivity (Wildman–Crippen MR) is 136 cm³/mol. The molecule has 14 heteroatoms. The lowest BCUT2D eigenvalue weighted by molar-refractivity contribution is -0.145. The summed E-state index contributed by atoms with van der Waals surface area (Å²) >= 11 is 0. The minimum absolute atomic E-state index is 0.0909. The molecule has 1 fully saturated rings. The van der Waals surface area contributed by atoms with Crippen molar-refractivity contribution in [1.82, 2.24) is 20.9 Å². The number of unbranched alkanes of at least 4 members (excludes halogenated alkanes) is 1. The number of nitrogens with one attached hydrogen (secondary N) is 3. The molecule has 1 heterocycles. The summed E-state index contributed by atoms with van der Waals surface area (Å²) in [5, 5.41) is 25.7. The lowest BCUT2D eigenvalue weighted by atomic mass is 10.1. The normalized spacial score (nSPS) is 16.8. The molecule has 0 aliphatic carbocycles. The van der Waals surface area contributed by atoms with Crippen molar-refractivity contribution in [3.63, 3.8) is 0 Å². The van der Waals surface area contributed by atoms with Crippen molar-refractivity contribution in [2.75, 3.05) is 13.2 Å². The lowest BCUT2D eigenvalue weighted by Gasteiger charge is -2.31. The third kappa shape index (κ3) is 9.33. The topological polar surface area (TPSA) is 217 Å². The second kappa shape index (κ2) is 15.4. The molecule has 0 aromatic heterocycles. The molecule has 7 N–H and O–H groups in total. The van der Waals surface area contributed by atoms with Gasteiger partial charge in [-0.3, -0.25) is 19.2 Å². The Bertz CT molecular complexity index is 1040. The van der Waals surface area contributed by atoms with Gasteiger partial charge in [-0.25, -0.2) is 14.5 Å². The molecule has 214 valence electrons. The Balaban J connectivity index is 2.33. The second-order valence-corrected chi connectivity index (χ2v) is 9.02. The average Bonchev–Trinajstić information content (AvgIpc) is 3.36. The van der Waals surface area contributed by atoms with Gasteiger partial charge in [0.2, 0.25) is 17.7 Å². The number of carboxylic acids is 1. The monoisotopic (exact) mass is 549 g/mol. The van der Waals surface area contributed by atoms with Crippen molar-refractivity contribution in [2.45, 2.75) is 69.8 Å². The number of aliphatic hydroxyl groups is 1. The van der Waals surface area contributed by atoms with Crippen LogP contribution in [0.25, 0.3) is 0 Å². The Morgan fingerprint density at radius 1 is 1.15 bits per heavy atom. The van der Waals surface area contributed by atoms with Gasteiger partial charge in [-0.15, -0.1) is 0 Å². The smallest absolute Gasteiger partial charge is 0.417 e. The van der Waals surface area contributed by atoms with Gasteiger partial charge < -0.3 is 36.6 Å². The highest BCUT2D eigenvalue weighted by molar-refractivity contribution is 6.02. The standard InChI is InChI=1S/C25H35N5O9/c1-15(27-21(33)17-10-11-20(32)28-17)23(35)30(25(38)39-14-16-7-3-2-4-8-16)19(9-5-6-12-26)22(34)29-18(13-31)24(36)37/h2-4,7-8,15,17-19,31H,5-6,9-14,26H2,1H3,(H,27,33)(H,28,32)(H,29,34)(H,36,37)/t15-,17-,18-,19-/m0/s1. The quantitative estimate of drug-likeness (QED) is 0.155. The molecule has 2 rings (SSSR count). The van der Waals surface area contributed by atoms with Crippen LogP contribution in [0.5, 0.6) is 0 Å². The SMILES string of the molecule is C[C@H](NC(=O)[C@@H]1CCC(=O)N1)C(=O)N(C(=O)OCc1ccccc1)[C@@H](CCCCN)C(=O)N[C@@H](CO)C(=O)O. The number of aliphatic hydroxyl groups excluding tert-OH is 1. The molecule has 0 radical (unpaired) electrons. The summed E-state index contributed by atoms with van der Waals surface area (Å²) in [5.74, 6) is -4.48. The van der Waals surface area contributed by atoms with E-state index in [1.54, 1.807) is 30.3 Å². The highest BCUT2D eigenvalue weighted by atomic mass is 16.6. The predicted octanol–water partition coefficient (Wildman–Crippen LogP) is -1.01. The Labute approximate surface area is 225 Å². The largest absolute Gasteiger partial charge is 0.480 e. The Morgan fingerprint density at radius 2 is 1.85 bits per heavy atom. The fourth-order valence-corrected chi connectivity index (χ4v) is 3.87. The Hall–Kier alpha value is -4.04. The first kappa shape index (κ1) is 31.2. The van der Waals surface area contributed by atoms with Crippen LogP contribution in [0.3, 0.4) is 0 Å². The van der Waals surface area contributed by atoms with Crippen LogP contribution >= 0.6 is 0 Å². The van der Waals surface area contributed by atoms with Gasteiger partial charge in [0.1, 0.15) is 30.8 Å². The van der Waals surface area contributed by atoms with Gasteiger partial charge in [0.05, 0.1) is 6.61 Å². The summed E-state index contributed by atoms with van der Waals surface area (Å²) in [4.78, 5) is 75.9. The molecule has 1 saturated heterocycles. The van der Waals surface area contributed by atoms with E-state index in [1.165, 1.54) is 6.92 Å². The number of imide groups is 1. The zero-order valence-corrected chi connectivity index (χ0v) is 21.6. The molecular weight excluding hydrogens is 514 g/mol. The van der Waals surface area contributed by atoms with Crippen LogP contribution in [0.2, 0.25) is 0 Å². The van der Waals surface area contributed by atoms with Gasteiger partial charge in [0, 0.05) is 6.42 Å². The number of ether oxygens (including phenoxy) is 1. The maximum Gasteiger partial charge on any atom is 0.417 e. The van der Waals surface area contributed by atoms with Crippen molar-refractivity contribution in [2.24, 2.45) is 5.73 Å². The first-order valence-electron chi connectivity index (χ1n) is 12.6. The Morgan fingerprint density at radius 3 is 2.41 bits per heavy atom. The van der Waals surface area contributed by atoms with Crippen LogP contribution in [0, 0.1) is 0 Å². The molecule has 0 spiro atoms. The van der Waals surface area contributed by atoms with Crippen LogP contribution in [-0.4, -0.2) is 88.1 Å². The third-order valence-electron chi connectivity index (χ3n) is 6.02. The highest BCUT2D eigenvalue weighted by Crippen LogP contribution is 2.16. The summed E-state index contributed by atoms with van der Waals surface area (Å²) in [6.45, 7) is 0.401. The number of rotatable bonds is 14.